The molecular formula is C12H25N5. The van der Waals surface area contributed by atoms with Crippen LogP contribution in [-0.2, 0) is 6.54 Å². The molecule has 1 N–H and O–H groups in total. The summed E-state index contributed by atoms with van der Waals surface area (Å²) in [4.78, 5) is 0. The van der Waals surface area contributed by atoms with E-state index in [1.165, 1.54) is 0 Å². The predicted molar refractivity (Wildman–Crippen MR) is 68.5 cm³/mol. The van der Waals surface area contributed by atoms with Gasteiger partial charge in [-0.15, -0.1) is 5.10 Å². The minimum Gasteiger partial charge on any atom is -0.310 e. The quantitative estimate of drug-likeness (QED) is 0.791. The maximum atomic E-state index is 4.12. The van der Waals surface area contributed by atoms with E-state index < -0.39 is 0 Å². The van der Waals surface area contributed by atoms with E-state index in [0.717, 1.165) is 25.3 Å². The van der Waals surface area contributed by atoms with Crippen LogP contribution in [0.3, 0.4) is 0 Å². The summed E-state index contributed by atoms with van der Waals surface area (Å²) >= 11 is 0. The largest absolute Gasteiger partial charge is 0.310 e. The van der Waals surface area contributed by atoms with Gasteiger partial charge in [-0.2, -0.15) is 0 Å². The van der Waals surface area contributed by atoms with Crippen LogP contribution < -0.4 is 5.32 Å². The zero-order valence-electron chi connectivity index (χ0n) is 11.6. The summed E-state index contributed by atoms with van der Waals surface area (Å²) in [5.41, 5.74) is 0. The zero-order chi connectivity index (χ0) is 12.8. The molecule has 0 saturated carbocycles. The predicted octanol–water partition coefficient (Wildman–Crippen LogP) is 2.03. The van der Waals surface area contributed by atoms with Crippen molar-refractivity contribution in [1.29, 1.82) is 0 Å². The van der Waals surface area contributed by atoms with Gasteiger partial charge in [0.15, 0.2) is 5.82 Å². The van der Waals surface area contributed by atoms with Crippen molar-refractivity contribution in [1.82, 2.24) is 25.5 Å². The second-order valence-electron chi connectivity index (χ2n) is 5.28. The van der Waals surface area contributed by atoms with E-state index in [0.29, 0.717) is 17.9 Å². The van der Waals surface area contributed by atoms with Gasteiger partial charge >= 0.3 is 0 Å². The molecule has 1 aromatic rings. The molecule has 17 heavy (non-hydrogen) atoms. The van der Waals surface area contributed by atoms with Gasteiger partial charge in [-0.1, -0.05) is 34.6 Å². The standard InChI is InChI=1S/C12H25N5/c1-6-11(10(4)5)17-12(14-15-16-17)8-13-7-9(2)3/h9-11,13H,6-8H2,1-5H3. The first kappa shape index (κ1) is 14.1. The molecule has 98 valence electrons. The van der Waals surface area contributed by atoms with Gasteiger partial charge in [-0.05, 0) is 35.2 Å². The summed E-state index contributed by atoms with van der Waals surface area (Å²) in [7, 11) is 0. The van der Waals surface area contributed by atoms with Crippen molar-refractivity contribution in [3.05, 3.63) is 5.82 Å². The molecule has 0 amide bonds. The lowest BCUT2D eigenvalue weighted by molar-refractivity contribution is 0.318. The van der Waals surface area contributed by atoms with E-state index >= 15 is 0 Å². The molecule has 1 atom stereocenters. The van der Waals surface area contributed by atoms with Crippen LogP contribution in [0.5, 0.6) is 0 Å². The fourth-order valence-corrected chi connectivity index (χ4v) is 1.99. The Labute approximate surface area is 104 Å². The van der Waals surface area contributed by atoms with Crippen molar-refractivity contribution in [3.8, 4) is 0 Å². The van der Waals surface area contributed by atoms with E-state index in [-0.39, 0.29) is 0 Å². The zero-order valence-corrected chi connectivity index (χ0v) is 11.6. The Morgan fingerprint density at radius 3 is 2.47 bits per heavy atom. The van der Waals surface area contributed by atoms with E-state index in [2.05, 4.69) is 55.5 Å². The molecule has 0 radical (unpaired) electrons. The van der Waals surface area contributed by atoms with E-state index in [4.69, 9.17) is 0 Å². The van der Waals surface area contributed by atoms with Gasteiger partial charge in [0, 0.05) is 0 Å². The Hall–Kier alpha value is -0.970. The molecular weight excluding hydrogens is 214 g/mol. The fourth-order valence-electron chi connectivity index (χ4n) is 1.99. The topological polar surface area (TPSA) is 55.6 Å². The summed E-state index contributed by atoms with van der Waals surface area (Å²) in [6.45, 7) is 12.7. The van der Waals surface area contributed by atoms with Crippen LogP contribution in [0.15, 0.2) is 0 Å². The summed E-state index contributed by atoms with van der Waals surface area (Å²) in [6.07, 6.45) is 1.06. The minimum atomic E-state index is 0.390. The van der Waals surface area contributed by atoms with Gasteiger partial charge in [0.1, 0.15) is 0 Å². The highest BCUT2D eigenvalue weighted by Crippen LogP contribution is 2.20. The number of tetrazole rings is 1. The average Bonchev–Trinajstić information content (AvgIpc) is 2.66. The maximum absolute atomic E-state index is 4.12. The Morgan fingerprint density at radius 1 is 1.24 bits per heavy atom. The molecule has 1 aromatic heterocycles. The van der Waals surface area contributed by atoms with Crippen molar-refractivity contribution in [2.45, 2.75) is 53.6 Å². The average molecular weight is 239 g/mol. The normalized spacial score (nSPS) is 13.6. The molecule has 1 heterocycles. The van der Waals surface area contributed by atoms with Crippen LogP contribution >= 0.6 is 0 Å². The van der Waals surface area contributed by atoms with Crippen LogP contribution in [0.2, 0.25) is 0 Å². The number of hydrogen-bond donors (Lipinski definition) is 1. The van der Waals surface area contributed by atoms with Crippen molar-refractivity contribution in [3.63, 3.8) is 0 Å². The van der Waals surface area contributed by atoms with Crippen molar-refractivity contribution in [2.24, 2.45) is 11.8 Å². The molecule has 0 aromatic carbocycles. The van der Waals surface area contributed by atoms with Gasteiger partial charge in [0.25, 0.3) is 0 Å². The number of aromatic nitrogens is 4. The lowest BCUT2D eigenvalue weighted by Gasteiger charge is -2.20. The fraction of sp³-hybridized carbons (Fsp3) is 0.917. The van der Waals surface area contributed by atoms with Crippen LogP contribution in [-0.4, -0.2) is 26.8 Å². The van der Waals surface area contributed by atoms with Gasteiger partial charge in [-0.25, -0.2) is 4.68 Å². The second-order valence-corrected chi connectivity index (χ2v) is 5.28. The third kappa shape index (κ3) is 4.07. The Kier molecular flexibility index (Phi) is 5.55. The van der Waals surface area contributed by atoms with Crippen LogP contribution in [0.1, 0.15) is 52.9 Å². The smallest absolute Gasteiger partial charge is 0.165 e. The molecule has 0 aliphatic rings. The maximum Gasteiger partial charge on any atom is 0.165 e. The highest BCUT2D eigenvalue weighted by Gasteiger charge is 2.18. The van der Waals surface area contributed by atoms with E-state index in [9.17, 15) is 0 Å². The molecule has 1 unspecified atom stereocenters. The number of rotatable bonds is 7. The molecule has 5 nitrogen and oxygen atoms in total. The Balaban J connectivity index is 2.64. The van der Waals surface area contributed by atoms with Crippen molar-refractivity contribution >= 4 is 0 Å². The highest BCUT2D eigenvalue weighted by atomic mass is 15.6. The molecule has 0 aliphatic heterocycles. The third-order valence-electron chi connectivity index (χ3n) is 2.90. The SMILES string of the molecule is CCC(C(C)C)n1nnnc1CNCC(C)C. The first-order chi connectivity index (χ1) is 8.06. The van der Waals surface area contributed by atoms with Crippen molar-refractivity contribution in [2.75, 3.05) is 6.54 Å². The Morgan fingerprint density at radius 2 is 1.94 bits per heavy atom. The monoisotopic (exact) mass is 239 g/mol. The number of nitrogens with one attached hydrogen (secondary N) is 1. The highest BCUT2D eigenvalue weighted by molar-refractivity contribution is 4.84. The van der Waals surface area contributed by atoms with Gasteiger partial charge in [0.05, 0.1) is 12.6 Å². The lowest BCUT2D eigenvalue weighted by atomic mass is 10.0. The molecule has 0 bridgehead atoms. The molecule has 0 spiro atoms. The molecule has 1 rings (SSSR count). The summed E-state index contributed by atoms with van der Waals surface area (Å²) in [5.74, 6) is 2.13. The molecule has 0 saturated heterocycles. The lowest BCUT2D eigenvalue weighted by Crippen LogP contribution is -2.24. The first-order valence-electron chi connectivity index (χ1n) is 6.53. The summed E-state index contributed by atoms with van der Waals surface area (Å²) in [5, 5.41) is 15.4. The van der Waals surface area contributed by atoms with Crippen LogP contribution in [0, 0.1) is 11.8 Å². The second kappa shape index (κ2) is 6.69. The first-order valence-corrected chi connectivity index (χ1v) is 6.53. The van der Waals surface area contributed by atoms with E-state index in [1.54, 1.807) is 0 Å². The van der Waals surface area contributed by atoms with Crippen LogP contribution in [0.25, 0.3) is 0 Å². The van der Waals surface area contributed by atoms with Crippen LogP contribution in [0.4, 0.5) is 0 Å². The number of nitrogens with zero attached hydrogens (tertiary/aromatic N) is 4. The van der Waals surface area contributed by atoms with Gasteiger partial charge in [-0.3, -0.25) is 0 Å². The molecule has 0 aliphatic carbocycles. The Bertz CT molecular complexity index is 318. The number of hydrogen-bond acceptors (Lipinski definition) is 4. The summed E-state index contributed by atoms with van der Waals surface area (Å²) < 4.78 is 1.97. The van der Waals surface area contributed by atoms with Gasteiger partial charge < -0.3 is 5.32 Å². The summed E-state index contributed by atoms with van der Waals surface area (Å²) in [6, 6.07) is 0.390. The third-order valence-corrected chi connectivity index (χ3v) is 2.90. The van der Waals surface area contributed by atoms with E-state index in [1.807, 2.05) is 4.68 Å². The minimum absolute atomic E-state index is 0.390. The molecule has 5 heteroatoms. The molecule has 0 fully saturated rings. The van der Waals surface area contributed by atoms with Crippen molar-refractivity contribution < 1.29 is 0 Å². The van der Waals surface area contributed by atoms with Gasteiger partial charge in [0.2, 0.25) is 0 Å².